The van der Waals surface area contributed by atoms with E-state index in [-0.39, 0.29) is 0 Å². The van der Waals surface area contributed by atoms with E-state index in [9.17, 15) is 0 Å². The fourth-order valence-corrected chi connectivity index (χ4v) is 2.45. The van der Waals surface area contributed by atoms with Gasteiger partial charge in [-0.2, -0.15) is 0 Å². The Morgan fingerprint density at radius 3 is 2.72 bits per heavy atom. The number of aryl methyl sites for hydroxylation is 1. The van der Waals surface area contributed by atoms with E-state index in [0.717, 1.165) is 29.4 Å². The number of nitrogens with zero attached hydrogens (tertiary/aromatic N) is 1. The molecule has 0 aliphatic carbocycles. The van der Waals surface area contributed by atoms with Gasteiger partial charge in [0.25, 0.3) is 0 Å². The lowest BCUT2D eigenvalue weighted by atomic mass is 10.2. The fraction of sp³-hybridized carbons (Fsp3) is 0.571. The minimum Gasteiger partial charge on any atom is -0.492 e. The average Bonchev–Trinajstić information content (AvgIpc) is 2.88. The molecule has 0 amide bonds. The van der Waals surface area contributed by atoms with Crippen molar-refractivity contribution in [1.29, 1.82) is 0 Å². The van der Waals surface area contributed by atoms with Crippen LogP contribution in [0.3, 0.4) is 0 Å². The summed E-state index contributed by atoms with van der Waals surface area (Å²) in [6, 6.07) is 6.08. The van der Waals surface area contributed by atoms with Gasteiger partial charge in [0, 0.05) is 11.6 Å². The monoisotopic (exact) mass is 268 g/mol. The Labute approximate surface area is 114 Å². The van der Waals surface area contributed by atoms with Crippen molar-refractivity contribution in [3.05, 3.63) is 28.8 Å². The summed E-state index contributed by atoms with van der Waals surface area (Å²) in [6.07, 6.45) is 2.55. The number of likely N-dealkylation sites (tertiary alicyclic amines) is 1. The standard InChI is InChI=1S/C14H21ClN2O/c1-11-8-13(4-5-14(11)15)18-10-12(9-16)17-6-2-3-7-17/h4-5,8,12H,2-3,6-7,9-10,16H2,1H3. The summed E-state index contributed by atoms with van der Waals surface area (Å²) < 4.78 is 5.83. The molecular weight excluding hydrogens is 248 g/mol. The zero-order chi connectivity index (χ0) is 13.0. The molecule has 2 rings (SSSR count). The molecule has 1 heterocycles. The summed E-state index contributed by atoms with van der Waals surface area (Å²) in [4.78, 5) is 2.42. The first-order valence-corrected chi connectivity index (χ1v) is 6.91. The molecule has 1 saturated heterocycles. The number of hydrogen-bond acceptors (Lipinski definition) is 3. The first kappa shape index (κ1) is 13.7. The molecule has 3 nitrogen and oxygen atoms in total. The van der Waals surface area contributed by atoms with E-state index in [0.29, 0.717) is 19.2 Å². The van der Waals surface area contributed by atoms with Crippen molar-refractivity contribution >= 4 is 11.6 Å². The Bertz CT molecular complexity index is 391. The summed E-state index contributed by atoms with van der Waals surface area (Å²) >= 11 is 5.99. The van der Waals surface area contributed by atoms with Gasteiger partial charge in [0.05, 0.1) is 6.04 Å². The highest BCUT2D eigenvalue weighted by Crippen LogP contribution is 2.21. The van der Waals surface area contributed by atoms with Crippen LogP contribution in [-0.2, 0) is 0 Å². The van der Waals surface area contributed by atoms with Crippen molar-refractivity contribution in [2.24, 2.45) is 5.73 Å². The summed E-state index contributed by atoms with van der Waals surface area (Å²) in [6.45, 7) is 5.57. The maximum atomic E-state index is 5.99. The van der Waals surface area contributed by atoms with Gasteiger partial charge in [-0.3, -0.25) is 4.90 Å². The first-order valence-electron chi connectivity index (χ1n) is 6.54. The van der Waals surface area contributed by atoms with Crippen LogP contribution < -0.4 is 10.5 Å². The molecule has 0 bridgehead atoms. The van der Waals surface area contributed by atoms with Crippen molar-refractivity contribution in [2.45, 2.75) is 25.8 Å². The van der Waals surface area contributed by atoms with Crippen molar-refractivity contribution in [2.75, 3.05) is 26.2 Å². The maximum Gasteiger partial charge on any atom is 0.119 e. The Kier molecular flexibility index (Phi) is 4.87. The van der Waals surface area contributed by atoms with Crippen LogP contribution in [0.1, 0.15) is 18.4 Å². The SMILES string of the molecule is Cc1cc(OCC(CN)N2CCCC2)ccc1Cl. The van der Waals surface area contributed by atoms with Crippen molar-refractivity contribution in [3.8, 4) is 5.75 Å². The molecule has 100 valence electrons. The highest BCUT2D eigenvalue weighted by molar-refractivity contribution is 6.31. The van der Waals surface area contributed by atoms with Gasteiger partial charge in [-0.1, -0.05) is 11.6 Å². The summed E-state index contributed by atoms with van der Waals surface area (Å²) in [5.74, 6) is 0.870. The van der Waals surface area contributed by atoms with E-state index < -0.39 is 0 Å². The van der Waals surface area contributed by atoms with Crippen LogP contribution in [-0.4, -0.2) is 37.2 Å². The number of halogens is 1. The predicted molar refractivity (Wildman–Crippen MR) is 75.3 cm³/mol. The van der Waals surface area contributed by atoms with Gasteiger partial charge in [0.2, 0.25) is 0 Å². The lowest BCUT2D eigenvalue weighted by Crippen LogP contribution is -2.42. The van der Waals surface area contributed by atoms with Gasteiger partial charge >= 0.3 is 0 Å². The van der Waals surface area contributed by atoms with Crippen LogP contribution in [0.2, 0.25) is 5.02 Å². The topological polar surface area (TPSA) is 38.5 Å². The first-order chi connectivity index (χ1) is 8.70. The third-order valence-corrected chi connectivity index (χ3v) is 3.93. The second-order valence-electron chi connectivity index (χ2n) is 4.85. The molecule has 0 aromatic heterocycles. The van der Waals surface area contributed by atoms with E-state index in [2.05, 4.69) is 4.90 Å². The Hall–Kier alpha value is -0.770. The summed E-state index contributed by atoms with van der Waals surface area (Å²) in [5.41, 5.74) is 6.87. The highest BCUT2D eigenvalue weighted by Gasteiger charge is 2.21. The second kappa shape index (κ2) is 6.41. The molecule has 0 radical (unpaired) electrons. The van der Waals surface area contributed by atoms with Gasteiger partial charge in [0.1, 0.15) is 12.4 Å². The molecule has 1 aromatic rings. The molecule has 1 unspecified atom stereocenters. The van der Waals surface area contributed by atoms with Crippen LogP contribution >= 0.6 is 11.6 Å². The average molecular weight is 269 g/mol. The van der Waals surface area contributed by atoms with Gasteiger partial charge in [0.15, 0.2) is 0 Å². The van der Waals surface area contributed by atoms with Crippen LogP contribution in [0.25, 0.3) is 0 Å². The van der Waals surface area contributed by atoms with E-state index in [1.165, 1.54) is 12.8 Å². The summed E-state index contributed by atoms with van der Waals surface area (Å²) in [5, 5.41) is 0.775. The third-order valence-electron chi connectivity index (χ3n) is 3.50. The molecular formula is C14H21ClN2O. The van der Waals surface area contributed by atoms with Gasteiger partial charge in [-0.25, -0.2) is 0 Å². The number of rotatable bonds is 5. The molecule has 0 spiro atoms. The minimum atomic E-state index is 0.323. The lowest BCUT2D eigenvalue weighted by molar-refractivity contribution is 0.165. The number of nitrogens with two attached hydrogens (primary N) is 1. The third kappa shape index (κ3) is 3.37. The number of hydrogen-bond donors (Lipinski definition) is 1. The minimum absolute atomic E-state index is 0.323. The zero-order valence-corrected chi connectivity index (χ0v) is 11.6. The van der Waals surface area contributed by atoms with Crippen molar-refractivity contribution in [3.63, 3.8) is 0 Å². The Morgan fingerprint density at radius 1 is 1.39 bits per heavy atom. The second-order valence-corrected chi connectivity index (χ2v) is 5.26. The van der Waals surface area contributed by atoms with Crippen LogP contribution in [0, 0.1) is 6.92 Å². The van der Waals surface area contributed by atoms with E-state index >= 15 is 0 Å². The van der Waals surface area contributed by atoms with Crippen molar-refractivity contribution in [1.82, 2.24) is 4.90 Å². The molecule has 1 aliphatic rings. The molecule has 2 N–H and O–H groups in total. The number of benzene rings is 1. The Balaban J connectivity index is 1.90. The van der Waals surface area contributed by atoms with Crippen LogP contribution in [0.5, 0.6) is 5.75 Å². The fourth-order valence-electron chi connectivity index (χ4n) is 2.33. The Morgan fingerprint density at radius 2 is 2.11 bits per heavy atom. The zero-order valence-electron chi connectivity index (χ0n) is 10.9. The van der Waals surface area contributed by atoms with E-state index in [4.69, 9.17) is 22.1 Å². The van der Waals surface area contributed by atoms with E-state index in [1.54, 1.807) is 0 Å². The summed E-state index contributed by atoms with van der Waals surface area (Å²) in [7, 11) is 0. The van der Waals surface area contributed by atoms with Crippen LogP contribution in [0.4, 0.5) is 0 Å². The van der Waals surface area contributed by atoms with E-state index in [1.807, 2.05) is 25.1 Å². The predicted octanol–water partition coefficient (Wildman–Crippen LogP) is 2.45. The maximum absolute atomic E-state index is 5.99. The lowest BCUT2D eigenvalue weighted by Gasteiger charge is -2.26. The quantitative estimate of drug-likeness (QED) is 0.892. The normalized spacial score (nSPS) is 17.9. The van der Waals surface area contributed by atoms with Crippen LogP contribution in [0.15, 0.2) is 18.2 Å². The molecule has 1 aromatic carbocycles. The molecule has 1 fully saturated rings. The molecule has 18 heavy (non-hydrogen) atoms. The highest BCUT2D eigenvalue weighted by atomic mass is 35.5. The number of ether oxygens (including phenoxy) is 1. The van der Waals surface area contributed by atoms with Gasteiger partial charge < -0.3 is 10.5 Å². The largest absolute Gasteiger partial charge is 0.492 e. The van der Waals surface area contributed by atoms with Gasteiger partial charge in [-0.05, 0) is 56.6 Å². The van der Waals surface area contributed by atoms with Crippen molar-refractivity contribution < 1.29 is 4.74 Å². The molecule has 4 heteroatoms. The molecule has 0 saturated carbocycles. The molecule has 1 atom stereocenters. The van der Waals surface area contributed by atoms with Gasteiger partial charge in [-0.15, -0.1) is 0 Å². The smallest absolute Gasteiger partial charge is 0.119 e. The molecule has 1 aliphatic heterocycles.